The summed E-state index contributed by atoms with van der Waals surface area (Å²) >= 11 is 0. The smallest absolute Gasteiger partial charge is 0.306 e. The summed E-state index contributed by atoms with van der Waals surface area (Å²) in [6.45, 7) is 5.77. The summed E-state index contributed by atoms with van der Waals surface area (Å²) in [6, 6.07) is -1.04. The van der Waals surface area contributed by atoms with Gasteiger partial charge in [-0.15, -0.1) is 0 Å². The maximum atomic E-state index is 13.4. The Labute approximate surface area is 497 Å². The lowest BCUT2D eigenvalue weighted by Gasteiger charge is -2.41. The molecule has 81 heavy (non-hydrogen) atoms. The number of carbonyl (C=O) groups is 2. The minimum absolute atomic E-state index is 0.121. The Hall–Kier alpha value is -2.64. The van der Waals surface area contributed by atoms with Gasteiger partial charge in [0.25, 0.3) is 0 Å². The Morgan fingerprint density at radius 1 is 0.481 bits per heavy atom. The van der Waals surface area contributed by atoms with Crippen LogP contribution < -0.4 is 5.32 Å². The minimum Gasteiger partial charge on any atom is -0.454 e. The third-order valence-corrected chi connectivity index (χ3v) is 15.9. The van der Waals surface area contributed by atoms with Crippen LogP contribution in [0.1, 0.15) is 310 Å². The van der Waals surface area contributed by atoms with Gasteiger partial charge in [0.15, 0.2) is 12.4 Å². The van der Waals surface area contributed by atoms with Crippen molar-refractivity contribution in [1.29, 1.82) is 0 Å². The number of ether oxygens (including phenoxy) is 3. The number of allylic oxidation sites excluding steroid dienone is 9. The van der Waals surface area contributed by atoms with Crippen molar-refractivity contribution in [2.75, 3.05) is 13.2 Å². The molecule has 472 valence electrons. The topological polar surface area (TPSA) is 175 Å². The van der Waals surface area contributed by atoms with Gasteiger partial charge in [-0.2, -0.15) is 0 Å². The predicted octanol–water partition coefficient (Wildman–Crippen LogP) is 17.0. The highest BCUT2D eigenvalue weighted by molar-refractivity contribution is 5.80. The predicted molar refractivity (Wildman–Crippen MR) is 338 cm³/mol. The summed E-state index contributed by atoms with van der Waals surface area (Å²) in [5.41, 5.74) is 0. The van der Waals surface area contributed by atoms with Crippen molar-refractivity contribution in [3.05, 3.63) is 60.8 Å². The zero-order valence-electron chi connectivity index (χ0n) is 52.4. The molecule has 1 aliphatic rings. The van der Waals surface area contributed by atoms with Crippen LogP contribution in [0.25, 0.3) is 0 Å². The van der Waals surface area contributed by atoms with E-state index in [1.165, 1.54) is 186 Å². The number of hydrogen-bond acceptors (Lipinski definition) is 10. The number of esters is 1. The van der Waals surface area contributed by atoms with Gasteiger partial charge >= 0.3 is 5.97 Å². The molecule has 1 heterocycles. The molecule has 0 saturated carbocycles. The van der Waals surface area contributed by atoms with Gasteiger partial charge in [-0.1, -0.05) is 274 Å². The van der Waals surface area contributed by atoms with Gasteiger partial charge in [0, 0.05) is 6.42 Å². The van der Waals surface area contributed by atoms with Crippen LogP contribution in [-0.2, 0) is 23.8 Å². The van der Waals surface area contributed by atoms with Crippen LogP contribution in [0, 0.1) is 0 Å². The third-order valence-electron chi connectivity index (χ3n) is 15.9. The standard InChI is InChI=1S/C70H127NO10/c1-4-7-10-13-16-19-22-25-27-29-30-31-32-33-34-35-37-40-43-46-49-52-55-58-65(75)81-68-67(77)66(76)64(59-72)80-70(68)79-60-61(62(73)56-53-50-47-44-41-38-24-21-18-15-12-9-6-3)71-69(78)63(74)57-54-51-48-45-42-39-36-28-26-23-20-17-14-11-8-5-2/h17,20,25-28,39,42,53,56,61-64,66-68,70,72-74,76-77H,4-16,18-19,21-24,29-38,40-41,43-52,54-55,57-60H2,1-3H3,(H,71,78)/b20-17-,27-25+,28-26-,42-39-,56-53+. The van der Waals surface area contributed by atoms with E-state index in [0.717, 1.165) is 77.0 Å². The van der Waals surface area contributed by atoms with Gasteiger partial charge in [-0.05, 0) is 89.9 Å². The van der Waals surface area contributed by atoms with Crippen molar-refractivity contribution in [2.24, 2.45) is 0 Å². The molecule has 1 fully saturated rings. The number of hydrogen-bond donors (Lipinski definition) is 6. The fraction of sp³-hybridized carbons (Fsp3) is 0.829. The van der Waals surface area contributed by atoms with Gasteiger partial charge in [0.1, 0.15) is 24.4 Å². The van der Waals surface area contributed by atoms with Crippen LogP contribution in [0.4, 0.5) is 0 Å². The summed E-state index contributed by atoms with van der Waals surface area (Å²) < 4.78 is 17.7. The quantitative estimate of drug-likeness (QED) is 0.0195. The van der Waals surface area contributed by atoms with Gasteiger partial charge in [0.2, 0.25) is 5.91 Å². The molecule has 8 atom stereocenters. The Balaban J connectivity index is 2.62. The minimum atomic E-state index is -1.62. The van der Waals surface area contributed by atoms with Gasteiger partial charge in [0.05, 0.1) is 25.4 Å². The second-order valence-corrected chi connectivity index (χ2v) is 23.6. The van der Waals surface area contributed by atoms with Gasteiger partial charge < -0.3 is 45.1 Å². The van der Waals surface area contributed by atoms with Crippen LogP contribution in [0.15, 0.2) is 60.8 Å². The first-order valence-electron chi connectivity index (χ1n) is 34.1. The van der Waals surface area contributed by atoms with Crippen molar-refractivity contribution >= 4 is 11.9 Å². The average molecular weight is 1140 g/mol. The highest BCUT2D eigenvalue weighted by Crippen LogP contribution is 2.26. The highest BCUT2D eigenvalue weighted by Gasteiger charge is 2.47. The fourth-order valence-electron chi connectivity index (χ4n) is 10.5. The molecule has 0 aromatic carbocycles. The monoisotopic (exact) mass is 1140 g/mol. The normalized spacial score (nSPS) is 19.0. The van der Waals surface area contributed by atoms with E-state index >= 15 is 0 Å². The van der Waals surface area contributed by atoms with E-state index in [-0.39, 0.29) is 19.4 Å². The maximum absolute atomic E-state index is 13.4. The summed E-state index contributed by atoms with van der Waals surface area (Å²) in [4.78, 5) is 26.6. The first kappa shape index (κ1) is 76.4. The Morgan fingerprint density at radius 3 is 1.31 bits per heavy atom. The van der Waals surface area contributed by atoms with E-state index in [9.17, 15) is 35.1 Å². The number of rotatable bonds is 58. The number of carbonyl (C=O) groups excluding carboxylic acids is 2. The van der Waals surface area contributed by atoms with E-state index in [1.807, 2.05) is 6.08 Å². The van der Waals surface area contributed by atoms with Crippen molar-refractivity contribution in [3.63, 3.8) is 0 Å². The second-order valence-electron chi connectivity index (χ2n) is 23.6. The zero-order valence-corrected chi connectivity index (χ0v) is 52.4. The number of nitrogens with one attached hydrogen (secondary N) is 1. The molecule has 8 unspecified atom stereocenters. The van der Waals surface area contributed by atoms with Crippen LogP contribution in [-0.4, -0.2) is 99.6 Å². The molecule has 0 aliphatic carbocycles. The van der Waals surface area contributed by atoms with Gasteiger partial charge in [-0.25, -0.2) is 0 Å². The molecule has 1 saturated heterocycles. The van der Waals surface area contributed by atoms with Crippen LogP contribution in [0.2, 0.25) is 0 Å². The van der Waals surface area contributed by atoms with E-state index < -0.39 is 67.4 Å². The molecule has 0 aromatic heterocycles. The fourth-order valence-corrected chi connectivity index (χ4v) is 10.5. The number of amides is 1. The van der Waals surface area contributed by atoms with Crippen molar-refractivity contribution in [2.45, 2.75) is 359 Å². The summed E-state index contributed by atoms with van der Waals surface area (Å²) in [5, 5.41) is 57.1. The summed E-state index contributed by atoms with van der Waals surface area (Å²) in [5.74, 6) is -1.21. The molecule has 0 bridgehead atoms. The van der Waals surface area contributed by atoms with E-state index in [1.54, 1.807) is 6.08 Å². The van der Waals surface area contributed by atoms with Crippen LogP contribution in [0.5, 0.6) is 0 Å². The lowest BCUT2D eigenvalue weighted by atomic mass is 9.99. The molecule has 1 amide bonds. The molecule has 0 radical (unpaired) electrons. The Bertz CT molecular complexity index is 1550. The molecule has 0 aromatic rings. The van der Waals surface area contributed by atoms with E-state index in [0.29, 0.717) is 12.8 Å². The first-order chi connectivity index (χ1) is 39.7. The molecule has 11 nitrogen and oxygen atoms in total. The lowest BCUT2D eigenvalue weighted by Crippen LogP contribution is -2.61. The molecule has 0 spiro atoms. The lowest BCUT2D eigenvalue weighted by molar-refractivity contribution is -0.305. The molecular formula is C70H127NO10. The average Bonchev–Trinajstić information content (AvgIpc) is 3.47. The second kappa shape index (κ2) is 57.8. The summed E-state index contributed by atoms with van der Waals surface area (Å²) in [6.07, 6.45) is 62.6. The maximum Gasteiger partial charge on any atom is 0.306 e. The summed E-state index contributed by atoms with van der Waals surface area (Å²) in [7, 11) is 0. The molecular weight excluding hydrogens is 1010 g/mol. The number of aliphatic hydroxyl groups is 5. The SMILES string of the molecule is CCCCC/C=C\C/C=C\C/C=C\CCCCCC(O)C(=O)NC(COC1OC(CO)C(O)C(O)C1OC(=O)CCCCCCCCCCCCCCC/C=C/CCCCCCCC)C(O)/C=C/CCCCCCCCCCCCC. The first-order valence-corrected chi connectivity index (χ1v) is 34.1. The van der Waals surface area contributed by atoms with Crippen molar-refractivity contribution in [1.82, 2.24) is 5.32 Å². The molecule has 1 aliphatic heterocycles. The zero-order chi connectivity index (χ0) is 58.9. The van der Waals surface area contributed by atoms with Crippen molar-refractivity contribution in [3.8, 4) is 0 Å². The van der Waals surface area contributed by atoms with E-state index in [4.69, 9.17) is 14.2 Å². The highest BCUT2D eigenvalue weighted by atomic mass is 16.7. The molecule has 6 N–H and O–H groups in total. The molecule has 1 rings (SSSR count). The third kappa shape index (κ3) is 45.4. The van der Waals surface area contributed by atoms with E-state index in [2.05, 4.69) is 74.7 Å². The number of aliphatic hydroxyl groups excluding tert-OH is 5. The van der Waals surface area contributed by atoms with Crippen LogP contribution in [0.3, 0.4) is 0 Å². The van der Waals surface area contributed by atoms with Crippen molar-refractivity contribution < 1.29 is 49.3 Å². The van der Waals surface area contributed by atoms with Crippen LogP contribution >= 0.6 is 0 Å². The molecule has 11 heteroatoms. The Kier molecular flexibility index (Phi) is 54.5. The van der Waals surface area contributed by atoms with Gasteiger partial charge in [-0.3, -0.25) is 9.59 Å². The number of unbranched alkanes of at least 4 members (excludes halogenated alkanes) is 36. The largest absolute Gasteiger partial charge is 0.454 e. The Morgan fingerprint density at radius 2 is 0.852 bits per heavy atom.